The highest BCUT2D eigenvalue weighted by molar-refractivity contribution is 5.74. The molecule has 65 heavy (non-hydrogen) atoms. The summed E-state index contributed by atoms with van der Waals surface area (Å²) in [5.41, 5.74) is 0. The lowest BCUT2D eigenvalue weighted by Crippen LogP contribution is -2.70. The third-order valence-corrected chi connectivity index (χ3v) is 11.5. The molecule has 5 saturated heterocycles. The van der Waals surface area contributed by atoms with Gasteiger partial charge in [0.05, 0.1) is 33.0 Å². The first kappa shape index (κ1) is 53.4. The number of amides is 3. The van der Waals surface area contributed by atoms with Crippen molar-refractivity contribution in [1.29, 1.82) is 0 Å². The Hall–Kier alpha value is -2.51. The first-order valence-electron chi connectivity index (χ1n) is 20.6. The first-order valence-corrected chi connectivity index (χ1v) is 20.6. The normalized spacial score (nSPS) is 47.1. The predicted molar refractivity (Wildman–Crippen MR) is 201 cm³/mol. The highest BCUT2D eigenvalue weighted by atomic mass is 16.8. The van der Waals surface area contributed by atoms with Crippen molar-refractivity contribution in [3.63, 3.8) is 0 Å². The van der Waals surface area contributed by atoms with Gasteiger partial charge in [-0.15, -0.1) is 0 Å². The van der Waals surface area contributed by atoms with Crippen molar-refractivity contribution in [3.05, 3.63) is 0 Å². The summed E-state index contributed by atoms with van der Waals surface area (Å²) < 4.78 is 51.3. The second-order valence-corrected chi connectivity index (χ2v) is 16.2. The number of aliphatic hydroxyl groups is 14. The van der Waals surface area contributed by atoms with Gasteiger partial charge in [0.25, 0.3) is 0 Å². The van der Waals surface area contributed by atoms with E-state index in [9.17, 15) is 85.9 Å². The number of rotatable bonds is 16. The lowest BCUT2D eigenvalue weighted by atomic mass is 9.94. The number of nitrogens with one attached hydrogen (secondary N) is 3. The highest BCUT2D eigenvalue weighted by Crippen LogP contribution is 2.36. The molecule has 0 radical (unpaired) electrons. The Morgan fingerprint density at radius 3 is 1.08 bits per heavy atom. The summed E-state index contributed by atoms with van der Waals surface area (Å²) in [5.74, 6) is -2.25. The van der Waals surface area contributed by atoms with Gasteiger partial charge in [0, 0.05) is 20.8 Å². The van der Waals surface area contributed by atoms with Crippen molar-refractivity contribution in [2.45, 2.75) is 174 Å². The van der Waals surface area contributed by atoms with Crippen LogP contribution < -0.4 is 16.0 Å². The van der Waals surface area contributed by atoms with Crippen molar-refractivity contribution in [2.24, 2.45) is 0 Å². The largest absolute Gasteiger partial charge is 0.394 e. The van der Waals surface area contributed by atoms with Crippen LogP contribution in [0.5, 0.6) is 0 Å². The first-order chi connectivity index (χ1) is 30.7. The maximum Gasteiger partial charge on any atom is 0.217 e. The monoisotopic (exact) mass is 951 g/mol. The highest BCUT2D eigenvalue weighted by Gasteiger charge is 2.57. The smallest absolute Gasteiger partial charge is 0.217 e. The average Bonchev–Trinajstić information content (AvgIpc) is 3.25. The Bertz CT molecular complexity index is 1560. The quantitative estimate of drug-likeness (QED) is 0.0683. The van der Waals surface area contributed by atoms with Gasteiger partial charge in [-0.1, -0.05) is 0 Å². The average molecular weight is 952 g/mol. The molecule has 3 amide bonds. The molecule has 376 valence electrons. The second kappa shape index (κ2) is 23.2. The molecule has 0 saturated carbocycles. The number of aliphatic hydroxyl groups excluding tert-OH is 14. The zero-order valence-electron chi connectivity index (χ0n) is 35.1. The Morgan fingerprint density at radius 2 is 0.677 bits per heavy atom. The van der Waals surface area contributed by atoms with E-state index in [1.165, 1.54) is 0 Å². The molecule has 0 bridgehead atoms. The van der Waals surface area contributed by atoms with Crippen LogP contribution in [0.1, 0.15) is 20.8 Å². The fourth-order valence-electron chi connectivity index (χ4n) is 8.24. The SMILES string of the molecule is CC(=O)N[C@H]1[C@H](O[C@H]2[C@@H](O)[C@@H](CO)O[C@@H](O[C@H]3[C@H](O)[C@@H](NC(C)=O)C(O)O[C@@H]3CO)[C@@H]2O)O[C@H](CO)[C@@H](O[C@@H]2O[C@H](CO)[C@H](O)[C@H](O[C@@H]3O[C@H](CO)[C@@H](O)[C@H](O)[C@H]3NC(C)=O)[C@H]2O)[C@@H]1O. The van der Waals surface area contributed by atoms with Crippen LogP contribution in [-0.4, -0.2) is 276 Å². The lowest BCUT2D eigenvalue weighted by Gasteiger charge is -2.50. The Kier molecular flexibility index (Phi) is 19.1. The van der Waals surface area contributed by atoms with Crippen LogP contribution in [0.25, 0.3) is 0 Å². The van der Waals surface area contributed by atoms with E-state index < -0.39 is 204 Å². The minimum atomic E-state index is -2.11. The van der Waals surface area contributed by atoms with Gasteiger partial charge in [0.1, 0.15) is 122 Å². The summed E-state index contributed by atoms with van der Waals surface area (Å²) >= 11 is 0. The standard InChI is InChI=1S/C36H61N3O26/c1-9(45)37-17-24(52)28(15(7-43)57-32(17)56)62-35-27(55)31(22(50)14(6-42)59-35)65-34-19(39-11(3)47)25(53)29(16(8-44)61-34)63-36-26(54)30(21(49)13(5-41)60-36)64-33-18(38-10(2)46)23(51)20(48)12(4-40)58-33/h12-36,40-44,48-56H,4-8H2,1-3H3,(H,37,45)(H,38,46)(H,39,47)/t12-,13-,14-,15-,16-,17-,18-,19-,20-,21+,22+,23-,24-,25-,26-,27-,28-,29-,30+,31+,32?,33+,34+,35+,36+/m1/s1. The molecule has 0 aromatic rings. The molecule has 0 spiro atoms. The van der Waals surface area contributed by atoms with E-state index in [1.807, 2.05) is 0 Å². The Morgan fingerprint density at radius 1 is 0.369 bits per heavy atom. The van der Waals surface area contributed by atoms with Crippen LogP contribution >= 0.6 is 0 Å². The van der Waals surface area contributed by atoms with Crippen molar-refractivity contribution < 1.29 is 129 Å². The van der Waals surface area contributed by atoms with E-state index in [1.54, 1.807) is 0 Å². The number of carbonyl (C=O) groups excluding carboxylic acids is 3. The molecular formula is C36H61N3O26. The van der Waals surface area contributed by atoms with Crippen LogP contribution in [0.2, 0.25) is 0 Å². The van der Waals surface area contributed by atoms with Crippen molar-refractivity contribution >= 4 is 17.7 Å². The maximum absolute atomic E-state index is 12.5. The third-order valence-electron chi connectivity index (χ3n) is 11.5. The predicted octanol–water partition coefficient (Wildman–Crippen LogP) is -11.5. The van der Waals surface area contributed by atoms with Crippen LogP contribution in [0.3, 0.4) is 0 Å². The van der Waals surface area contributed by atoms with Gasteiger partial charge in [0.2, 0.25) is 17.7 Å². The number of ether oxygens (including phenoxy) is 9. The molecule has 5 fully saturated rings. The minimum Gasteiger partial charge on any atom is -0.394 e. The van der Waals surface area contributed by atoms with Gasteiger partial charge in [-0.2, -0.15) is 0 Å². The van der Waals surface area contributed by atoms with E-state index >= 15 is 0 Å². The van der Waals surface area contributed by atoms with Crippen LogP contribution in [0, 0.1) is 0 Å². The molecule has 5 aliphatic heterocycles. The van der Waals surface area contributed by atoms with Gasteiger partial charge < -0.3 is 130 Å². The van der Waals surface area contributed by atoms with Gasteiger partial charge in [-0.05, 0) is 0 Å². The lowest BCUT2D eigenvalue weighted by molar-refractivity contribution is -0.382. The molecule has 0 aliphatic carbocycles. The fourth-order valence-corrected chi connectivity index (χ4v) is 8.24. The van der Waals surface area contributed by atoms with E-state index in [4.69, 9.17) is 42.6 Å². The van der Waals surface area contributed by atoms with Crippen molar-refractivity contribution in [3.8, 4) is 0 Å². The summed E-state index contributed by atoms with van der Waals surface area (Å²) in [6.07, 6.45) is -40.1. The van der Waals surface area contributed by atoms with Crippen molar-refractivity contribution in [2.75, 3.05) is 33.0 Å². The third kappa shape index (κ3) is 11.9. The van der Waals surface area contributed by atoms with Crippen LogP contribution in [-0.2, 0) is 57.0 Å². The second-order valence-electron chi connectivity index (χ2n) is 16.2. The minimum absolute atomic E-state index is 0.696. The van der Waals surface area contributed by atoms with E-state index in [-0.39, 0.29) is 0 Å². The van der Waals surface area contributed by atoms with Gasteiger partial charge >= 0.3 is 0 Å². The van der Waals surface area contributed by atoms with Crippen LogP contribution in [0.4, 0.5) is 0 Å². The van der Waals surface area contributed by atoms with E-state index in [0.717, 1.165) is 20.8 Å². The summed E-state index contributed by atoms with van der Waals surface area (Å²) in [7, 11) is 0. The molecule has 5 aliphatic rings. The molecule has 1 unspecified atom stereocenters. The fraction of sp³-hybridized carbons (Fsp3) is 0.917. The number of carbonyl (C=O) groups is 3. The van der Waals surface area contributed by atoms with Crippen molar-refractivity contribution in [1.82, 2.24) is 16.0 Å². The number of hydrogen-bond donors (Lipinski definition) is 17. The molecule has 29 heteroatoms. The Labute approximate surface area is 369 Å². The maximum atomic E-state index is 12.5. The summed E-state index contributed by atoms with van der Waals surface area (Å²) in [6.45, 7) is -1.48. The van der Waals surface area contributed by atoms with E-state index in [2.05, 4.69) is 16.0 Å². The van der Waals surface area contributed by atoms with Gasteiger partial charge in [0.15, 0.2) is 31.5 Å². The Balaban J connectivity index is 1.37. The number of hydrogen-bond acceptors (Lipinski definition) is 26. The molecule has 0 aromatic carbocycles. The molecule has 5 heterocycles. The molecule has 29 nitrogen and oxygen atoms in total. The topological polar surface area (TPSA) is 454 Å². The van der Waals surface area contributed by atoms with Crippen LogP contribution in [0.15, 0.2) is 0 Å². The molecular weight excluding hydrogens is 890 g/mol. The summed E-state index contributed by atoms with van der Waals surface area (Å²) in [6, 6.07) is -4.80. The summed E-state index contributed by atoms with van der Waals surface area (Å²) in [4.78, 5) is 36.3. The zero-order chi connectivity index (χ0) is 48.2. The zero-order valence-corrected chi connectivity index (χ0v) is 35.1. The van der Waals surface area contributed by atoms with E-state index in [0.29, 0.717) is 0 Å². The molecule has 25 atom stereocenters. The summed E-state index contributed by atoms with van der Waals surface area (Å²) in [5, 5.41) is 157. The molecule has 17 N–H and O–H groups in total. The van der Waals surface area contributed by atoms with Gasteiger partial charge in [-0.25, -0.2) is 0 Å². The van der Waals surface area contributed by atoms with Gasteiger partial charge in [-0.3, -0.25) is 14.4 Å². The molecule has 5 rings (SSSR count). The molecule has 0 aromatic heterocycles.